The quantitative estimate of drug-likeness (QED) is 0.798. The molecule has 25 heavy (non-hydrogen) atoms. The van der Waals surface area contributed by atoms with Gasteiger partial charge in [-0.2, -0.15) is 0 Å². The summed E-state index contributed by atoms with van der Waals surface area (Å²) in [6.45, 7) is 3.11. The molecule has 0 aliphatic carbocycles. The maximum atomic E-state index is 12.0. The fraction of sp³-hybridized carbons (Fsp3) is 0.647. The lowest BCUT2D eigenvalue weighted by atomic mass is 9.94. The molecule has 0 spiro atoms. The van der Waals surface area contributed by atoms with E-state index in [1.165, 1.54) is 6.26 Å². The van der Waals surface area contributed by atoms with Gasteiger partial charge < -0.3 is 14.2 Å². The highest BCUT2D eigenvalue weighted by molar-refractivity contribution is 7.88. The fourth-order valence-electron chi connectivity index (χ4n) is 4.11. The van der Waals surface area contributed by atoms with Crippen molar-refractivity contribution < 1.29 is 22.6 Å². The minimum atomic E-state index is -3.14. The Kier molecular flexibility index (Phi) is 4.29. The van der Waals surface area contributed by atoms with Gasteiger partial charge in [-0.15, -0.1) is 0 Å². The Morgan fingerprint density at radius 2 is 2.04 bits per heavy atom. The second-order valence-electron chi connectivity index (χ2n) is 7.14. The molecule has 2 atom stereocenters. The summed E-state index contributed by atoms with van der Waals surface area (Å²) in [6, 6.07) is 4.24. The maximum absolute atomic E-state index is 12.0. The van der Waals surface area contributed by atoms with Crippen LogP contribution in [0.15, 0.2) is 12.1 Å². The van der Waals surface area contributed by atoms with E-state index in [1.54, 1.807) is 11.4 Å². The van der Waals surface area contributed by atoms with Crippen molar-refractivity contribution in [1.29, 1.82) is 0 Å². The van der Waals surface area contributed by atoms with Crippen LogP contribution in [0.5, 0.6) is 17.2 Å². The molecule has 3 saturated heterocycles. The summed E-state index contributed by atoms with van der Waals surface area (Å²) in [4.78, 5) is 2.40. The van der Waals surface area contributed by atoms with Crippen LogP contribution in [0.1, 0.15) is 18.4 Å². The number of nitrogens with zero attached hydrogens (tertiary/aromatic N) is 2. The number of rotatable bonds is 4. The molecule has 3 fully saturated rings. The second-order valence-corrected chi connectivity index (χ2v) is 9.12. The molecular weight excluding hydrogens is 344 g/mol. The van der Waals surface area contributed by atoms with Crippen molar-refractivity contribution in [2.45, 2.75) is 25.4 Å². The molecule has 0 amide bonds. The van der Waals surface area contributed by atoms with Gasteiger partial charge in [0, 0.05) is 32.2 Å². The van der Waals surface area contributed by atoms with Crippen LogP contribution < -0.4 is 14.2 Å². The van der Waals surface area contributed by atoms with Crippen molar-refractivity contribution in [3.05, 3.63) is 17.7 Å². The Morgan fingerprint density at radius 3 is 2.80 bits per heavy atom. The molecule has 8 heteroatoms. The van der Waals surface area contributed by atoms with Gasteiger partial charge in [0.2, 0.25) is 22.6 Å². The van der Waals surface area contributed by atoms with Gasteiger partial charge in [-0.05, 0) is 36.5 Å². The zero-order valence-electron chi connectivity index (χ0n) is 14.6. The molecule has 5 rings (SSSR count). The normalized spacial score (nSPS) is 26.6. The van der Waals surface area contributed by atoms with E-state index >= 15 is 0 Å². The number of benzene rings is 1. The van der Waals surface area contributed by atoms with Gasteiger partial charge in [0.1, 0.15) is 0 Å². The first-order chi connectivity index (χ1) is 11.9. The number of sulfonamides is 1. The predicted molar refractivity (Wildman–Crippen MR) is 92.5 cm³/mol. The molecule has 0 radical (unpaired) electrons. The third-order valence-electron chi connectivity index (χ3n) is 5.37. The summed E-state index contributed by atoms with van der Waals surface area (Å²) in [5, 5.41) is 0. The summed E-state index contributed by atoms with van der Waals surface area (Å²) in [7, 11) is -1.52. The van der Waals surface area contributed by atoms with E-state index in [4.69, 9.17) is 14.2 Å². The van der Waals surface area contributed by atoms with E-state index in [1.807, 2.05) is 12.1 Å². The molecule has 0 saturated carbocycles. The lowest BCUT2D eigenvalue weighted by Crippen LogP contribution is -2.43. The lowest BCUT2D eigenvalue weighted by Gasteiger charge is -2.36. The number of methoxy groups -OCH3 is 1. The summed E-state index contributed by atoms with van der Waals surface area (Å²) >= 11 is 0. The summed E-state index contributed by atoms with van der Waals surface area (Å²) in [5.74, 6) is 2.45. The van der Waals surface area contributed by atoms with Gasteiger partial charge in [0.25, 0.3) is 0 Å². The van der Waals surface area contributed by atoms with Gasteiger partial charge in [-0.3, -0.25) is 4.90 Å². The number of ether oxygens (including phenoxy) is 3. The van der Waals surface area contributed by atoms with Crippen molar-refractivity contribution in [3.8, 4) is 17.2 Å². The largest absolute Gasteiger partial charge is 0.493 e. The zero-order chi connectivity index (χ0) is 17.6. The van der Waals surface area contributed by atoms with Gasteiger partial charge in [0.15, 0.2) is 11.5 Å². The predicted octanol–water partition coefficient (Wildman–Crippen LogP) is 1.28. The summed E-state index contributed by atoms with van der Waals surface area (Å²) in [5.41, 5.74) is 1.10. The number of fused-ring (bicyclic) bond motifs is 5. The van der Waals surface area contributed by atoms with E-state index in [9.17, 15) is 8.42 Å². The van der Waals surface area contributed by atoms with Gasteiger partial charge >= 0.3 is 0 Å². The lowest BCUT2D eigenvalue weighted by molar-refractivity contribution is 0.125. The van der Waals surface area contributed by atoms with Gasteiger partial charge in [-0.1, -0.05) is 0 Å². The Balaban J connectivity index is 1.56. The number of hydrogen-bond acceptors (Lipinski definition) is 6. The van der Waals surface area contributed by atoms with E-state index in [2.05, 4.69) is 4.90 Å². The highest BCUT2D eigenvalue weighted by atomic mass is 32.2. The molecule has 7 nitrogen and oxygen atoms in total. The van der Waals surface area contributed by atoms with Crippen molar-refractivity contribution in [2.24, 2.45) is 5.92 Å². The molecule has 4 aliphatic heterocycles. The van der Waals surface area contributed by atoms with Crippen LogP contribution in [-0.2, 0) is 16.6 Å². The molecule has 138 valence electrons. The van der Waals surface area contributed by atoms with Crippen LogP contribution in [0.25, 0.3) is 0 Å². The first-order valence-corrected chi connectivity index (χ1v) is 10.4. The zero-order valence-corrected chi connectivity index (χ0v) is 15.4. The highest BCUT2D eigenvalue weighted by Gasteiger charge is 2.37. The summed E-state index contributed by atoms with van der Waals surface area (Å²) in [6.07, 6.45) is 3.45. The second kappa shape index (κ2) is 6.34. The van der Waals surface area contributed by atoms with Crippen LogP contribution in [0, 0.1) is 5.92 Å². The number of piperidine rings is 1. The molecule has 4 aliphatic rings. The Morgan fingerprint density at radius 1 is 1.20 bits per heavy atom. The van der Waals surface area contributed by atoms with Gasteiger partial charge in [0.05, 0.1) is 13.4 Å². The van der Waals surface area contributed by atoms with Crippen LogP contribution in [0.3, 0.4) is 0 Å². The van der Waals surface area contributed by atoms with Crippen LogP contribution in [-0.4, -0.2) is 63.5 Å². The monoisotopic (exact) mass is 368 g/mol. The topological polar surface area (TPSA) is 68.3 Å². The molecule has 0 unspecified atom stereocenters. The van der Waals surface area contributed by atoms with E-state index < -0.39 is 10.0 Å². The third-order valence-corrected chi connectivity index (χ3v) is 6.60. The highest BCUT2D eigenvalue weighted by Crippen LogP contribution is 2.42. The SMILES string of the molecule is COc1cc(CN2C[C@H]3CC[C@@H]2CN(S(C)(=O)=O)C3)cc2c1OCO2. The van der Waals surface area contributed by atoms with Crippen molar-refractivity contribution >= 4 is 10.0 Å². The molecule has 2 bridgehead atoms. The standard InChI is InChI=1S/C17H24N2O5S/c1-22-15-5-13(6-16-17(15)24-11-23-16)8-18-7-12-3-4-14(18)10-19(9-12)25(2,20)21/h5-6,12,14H,3-4,7-11H2,1-2H3/t12-,14-/m1/s1. The number of hydrogen-bond donors (Lipinski definition) is 0. The Labute approximate surface area is 148 Å². The van der Waals surface area contributed by atoms with E-state index in [-0.39, 0.29) is 12.8 Å². The Hall–Kier alpha value is -1.51. The fourth-order valence-corrected chi connectivity index (χ4v) is 5.03. The smallest absolute Gasteiger partial charge is 0.231 e. The minimum Gasteiger partial charge on any atom is -0.493 e. The first-order valence-electron chi connectivity index (χ1n) is 8.59. The van der Waals surface area contributed by atoms with E-state index in [0.29, 0.717) is 36.3 Å². The van der Waals surface area contributed by atoms with Crippen molar-refractivity contribution in [3.63, 3.8) is 0 Å². The molecule has 0 N–H and O–H groups in total. The molecule has 1 aromatic carbocycles. The van der Waals surface area contributed by atoms with E-state index in [0.717, 1.165) is 31.5 Å². The van der Waals surface area contributed by atoms with Crippen molar-refractivity contribution in [1.82, 2.24) is 9.21 Å². The average Bonchev–Trinajstić information content (AvgIpc) is 2.83. The molecule has 0 aromatic heterocycles. The average molecular weight is 368 g/mol. The summed E-state index contributed by atoms with van der Waals surface area (Å²) < 4.78 is 42.0. The molecular formula is C17H24N2O5S. The van der Waals surface area contributed by atoms with Crippen LogP contribution >= 0.6 is 0 Å². The third kappa shape index (κ3) is 3.30. The van der Waals surface area contributed by atoms with Crippen molar-refractivity contribution in [2.75, 3.05) is 39.8 Å². The van der Waals surface area contributed by atoms with Gasteiger partial charge in [-0.25, -0.2) is 12.7 Å². The molecule has 1 aromatic rings. The molecule has 4 heterocycles. The Bertz CT molecular complexity index is 767. The maximum Gasteiger partial charge on any atom is 0.231 e. The first kappa shape index (κ1) is 16.9. The van der Waals surface area contributed by atoms with Crippen LogP contribution in [0.2, 0.25) is 0 Å². The minimum absolute atomic E-state index is 0.215. The van der Waals surface area contributed by atoms with Crippen LogP contribution in [0.4, 0.5) is 0 Å².